The van der Waals surface area contributed by atoms with Crippen molar-refractivity contribution in [1.29, 1.82) is 0 Å². The number of allylic oxidation sites excluding steroid dienone is 6. The molecule has 0 heteroatoms. The van der Waals surface area contributed by atoms with E-state index >= 15 is 0 Å². The van der Waals surface area contributed by atoms with Crippen LogP contribution in [0.3, 0.4) is 0 Å². The predicted molar refractivity (Wildman–Crippen MR) is 71.3 cm³/mol. The summed E-state index contributed by atoms with van der Waals surface area (Å²) >= 11 is 0. The first kappa shape index (κ1) is 11.7. The first-order chi connectivity index (χ1) is 7.18. The predicted octanol–water partition coefficient (Wildman–Crippen LogP) is 5.04. The summed E-state index contributed by atoms with van der Waals surface area (Å²) in [6.07, 6.45) is 7.26. The molecule has 0 aliphatic heterocycles. The second kappa shape index (κ2) is 3.35. The normalized spacial score (nSPS) is 21.1. The van der Waals surface area contributed by atoms with Crippen LogP contribution in [-0.2, 0) is 0 Å². The Morgan fingerprint density at radius 2 is 1.00 bits per heavy atom. The lowest BCUT2D eigenvalue weighted by atomic mass is 9.82. The largest absolute Gasteiger partial charge is 0.0602 e. The van der Waals surface area contributed by atoms with Crippen LogP contribution in [0.5, 0.6) is 0 Å². The van der Waals surface area contributed by atoms with Crippen molar-refractivity contribution in [2.75, 3.05) is 0 Å². The van der Waals surface area contributed by atoms with E-state index in [2.05, 4.69) is 53.7 Å². The molecule has 0 saturated heterocycles. The summed E-state index contributed by atoms with van der Waals surface area (Å²) in [6, 6.07) is 0. The molecular formula is C16H24. The molecule has 0 aromatic heterocycles. The molecule has 0 heterocycles. The summed E-state index contributed by atoms with van der Waals surface area (Å²) in [6.45, 7) is 13.9. The fraction of sp³-hybridized carbons (Fsp3) is 0.625. The zero-order chi connectivity index (χ0) is 12.1. The molecule has 0 nitrogen and oxygen atoms in total. The van der Waals surface area contributed by atoms with Gasteiger partial charge in [-0.3, -0.25) is 0 Å². The molecule has 0 aromatic carbocycles. The molecule has 2 rings (SSSR count). The minimum absolute atomic E-state index is 0.333. The third-order valence-corrected chi connectivity index (χ3v) is 3.80. The summed E-state index contributed by atoms with van der Waals surface area (Å²) in [7, 11) is 0. The van der Waals surface area contributed by atoms with E-state index in [0.29, 0.717) is 10.8 Å². The van der Waals surface area contributed by atoms with Gasteiger partial charge in [-0.2, -0.15) is 0 Å². The Bertz CT molecular complexity index is 360. The van der Waals surface area contributed by atoms with Crippen LogP contribution in [0.2, 0.25) is 0 Å². The highest BCUT2D eigenvalue weighted by Gasteiger charge is 2.30. The standard InChI is InChI=1S/C16H24/c1-15(2,3)13-7-11-9-14(16(4,5)6)10-12(11)8-13/h7,10H,8-9H2,1-6H3. The van der Waals surface area contributed by atoms with Crippen molar-refractivity contribution < 1.29 is 0 Å². The lowest BCUT2D eigenvalue weighted by molar-refractivity contribution is 0.488. The van der Waals surface area contributed by atoms with Crippen LogP contribution in [0.25, 0.3) is 0 Å². The molecule has 0 fully saturated rings. The first-order valence-electron chi connectivity index (χ1n) is 6.32. The molecular weight excluding hydrogens is 192 g/mol. The van der Waals surface area contributed by atoms with Crippen LogP contribution < -0.4 is 0 Å². The quantitative estimate of drug-likeness (QED) is 0.532. The molecule has 16 heavy (non-hydrogen) atoms. The lowest BCUT2D eigenvalue weighted by Gasteiger charge is -2.23. The highest BCUT2D eigenvalue weighted by molar-refractivity contribution is 5.54. The zero-order valence-corrected chi connectivity index (χ0v) is 11.6. The van der Waals surface area contributed by atoms with Gasteiger partial charge in [-0.05, 0) is 34.8 Å². The van der Waals surface area contributed by atoms with Gasteiger partial charge in [-0.1, -0.05) is 64.8 Å². The van der Waals surface area contributed by atoms with Gasteiger partial charge in [0.1, 0.15) is 0 Å². The Morgan fingerprint density at radius 1 is 0.688 bits per heavy atom. The van der Waals surface area contributed by atoms with E-state index in [1.165, 1.54) is 12.8 Å². The number of hydrogen-bond acceptors (Lipinski definition) is 0. The van der Waals surface area contributed by atoms with Crippen LogP contribution in [0.4, 0.5) is 0 Å². The minimum Gasteiger partial charge on any atom is -0.0602 e. The Morgan fingerprint density at radius 3 is 1.25 bits per heavy atom. The van der Waals surface area contributed by atoms with Gasteiger partial charge in [0.05, 0.1) is 0 Å². The van der Waals surface area contributed by atoms with Crippen molar-refractivity contribution in [3.63, 3.8) is 0 Å². The third kappa shape index (κ3) is 2.03. The Hall–Kier alpha value is -0.780. The van der Waals surface area contributed by atoms with Gasteiger partial charge in [-0.15, -0.1) is 0 Å². The average Bonchev–Trinajstić information content (AvgIpc) is 2.53. The smallest absolute Gasteiger partial charge is 0.00558 e. The minimum atomic E-state index is 0.333. The second-order valence-electron chi connectivity index (χ2n) is 7.24. The SMILES string of the molecule is CC(C)(C)C1=CC2=C(C=C(C(C)(C)C)C2)C1. The Labute approximate surface area is 100 Å². The van der Waals surface area contributed by atoms with Crippen LogP contribution >= 0.6 is 0 Å². The fourth-order valence-electron chi connectivity index (χ4n) is 2.41. The Balaban J connectivity index is 2.14. The number of rotatable bonds is 0. The van der Waals surface area contributed by atoms with Crippen LogP contribution in [-0.4, -0.2) is 0 Å². The van der Waals surface area contributed by atoms with Crippen LogP contribution in [0, 0.1) is 10.8 Å². The van der Waals surface area contributed by atoms with Crippen molar-refractivity contribution in [2.24, 2.45) is 10.8 Å². The second-order valence-corrected chi connectivity index (χ2v) is 7.24. The topological polar surface area (TPSA) is 0 Å². The highest BCUT2D eigenvalue weighted by atomic mass is 14.3. The van der Waals surface area contributed by atoms with Gasteiger partial charge < -0.3 is 0 Å². The summed E-state index contributed by atoms with van der Waals surface area (Å²) < 4.78 is 0. The Kier molecular flexibility index (Phi) is 2.45. The van der Waals surface area contributed by atoms with Gasteiger partial charge >= 0.3 is 0 Å². The summed E-state index contributed by atoms with van der Waals surface area (Å²) in [5, 5.41) is 0. The average molecular weight is 216 g/mol. The molecule has 0 saturated carbocycles. The monoisotopic (exact) mass is 216 g/mol. The van der Waals surface area contributed by atoms with Gasteiger partial charge in [0.2, 0.25) is 0 Å². The van der Waals surface area contributed by atoms with Crippen LogP contribution in [0.1, 0.15) is 54.4 Å². The van der Waals surface area contributed by atoms with Gasteiger partial charge in [-0.25, -0.2) is 0 Å². The molecule has 0 atom stereocenters. The zero-order valence-electron chi connectivity index (χ0n) is 11.6. The molecule has 0 aromatic rings. The van der Waals surface area contributed by atoms with E-state index < -0.39 is 0 Å². The van der Waals surface area contributed by atoms with Gasteiger partial charge in [0.25, 0.3) is 0 Å². The highest BCUT2D eigenvalue weighted by Crippen LogP contribution is 2.46. The van der Waals surface area contributed by atoms with Crippen LogP contribution in [0.15, 0.2) is 34.4 Å². The molecule has 2 aliphatic carbocycles. The van der Waals surface area contributed by atoms with Crippen molar-refractivity contribution >= 4 is 0 Å². The van der Waals surface area contributed by atoms with Crippen molar-refractivity contribution in [2.45, 2.75) is 54.4 Å². The molecule has 88 valence electrons. The van der Waals surface area contributed by atoms with Crippen molar-refractivity contribution in [3.8, 4) is 0 Å². The van der Waals surface area contributed by atoms with Gasteiger partial charge in [0, 0.05) is 0 Å². The molecule has 0 unspecified atom stereocenters. The van der Waals surface area contributed by atoms with E-state index in [1.54, 1.807) is 22.3 Å². The summed E-state index contributed by atoms with van der Waals surface area (Å²) in [4.78, 5) is 0. The molecule has 0 radical (unpaired) electrons. The van der Waals surface area contributed by atoms with E-state index in [9.17, 15) is 0 Å². The maximum atomic E-state index is 2.45. The maximum Gasteiger partial charge on any atom is -0.00558 e. The van der Waals surface area contributed by atoms with E-state index in [4.69, 9.17) is 0 Å². The van der Waals surface area contributed by atoms with Crippen molar-refractivity contribution in [3.05, 3.63) is 34.4 Å². The molecule has 2 aliphatic rings. The first-order valence-corrected chi connectivity index (χ1v) is 6.32. The molecule has 0 amide bonds. The fourth-order valence-corrected chi connectivity index (χ4v) is 2.41. The third-order valence-electron chi connectivity index (χ3n) is 3.80. The van der Waals surface area contributed by atoms with E-state index in [1.807, 2.05) is 0 Å². The maximum absolute atomic E-state index is 2.45. The molecule has 0 spiro atoms. The lowest BCUT2D eigenvalue weighted by Crippen LogP contribution is -2.10. The summed E-state index contributed by atoms with van der Waals surface area (Å²) in [5.74, 6) is 0. The summed E-state index contributed by atoms with van der Waals surface area (Å²) in [5.41, 5.74) is 7.02. The van der Waals surface area contributed by atoms with E-state index in [0.717, 1.165) is 0 Å². The number of hydrogen-bond donors (Lipinski definition) is 0. The van der Waals surface area contributed by atoms with Crippen molar-refractivity contribution in [1.82, 2.24) is 0 Å². The molecule has 0 bridgehead atoms. The van der Waals surface area contributed by atoms with E-state index in [-0.39, 0.29) is 0 Å². The van der Waals surface area contributed by atoms with Gasteiger partial charge in [0.15, 0.2) is 0 Å². The molecule has 0 N–H and O–H groups in total.